The average molecular weight is 343 g/mol. The van der Waals surface area contributed by atoms with E-state index in [1.165, 1.54) is 0 Å². The van der Waals surface area contributed by atoms with Gasteiger partial charge in [-0.1, -0.05) is 61.2 Å². The largest absolute Gasteiger partial charge is 0.416 e. The summed E-state index contributed by atoms with van der Waals surface area (Å²) in [6.07, 6.45) is 0.913. The lowest BCUT2D eigenvalue weighted by molar-refractivity contribution is 0.137. The molecule has 0 aromatic carbocycles. The first-order valence-electron chi connectivity index (χ1n) is 8.75. The molecule has 22 heavy (non-hydrogen) atoms. The highest BCUT2D eigenvalue weighted by atomic mass is 28.4. The van der Waals surface area contributed by atoms with Gasteiger partial charge in [-0.25, -0.2) is 0 Å². The molecule has 0 amide bonds. The molecule has 0 aliphatic rings. The van der Waals surface area contributed by atoms with Crippen LogP contribution in [0.15, 0.2) is 0 Å². The topological polar surface area (TPSA) is 29.5 Å². The molecule has 1 N–H and O–H groups in total. The quantitative estimate of drug-likeness (QED) is 0.485. The fourth-order valence-corrected chi connectivity index (χ4v) is 9.51. The summed E-state index contributed by atoms with van der Waals surface area (Å²) >= 11 is 0. The van der Waals surface area contributed by atoms with Crippen LogP contribution in [-0.4, -0.2) is 34.2 Å². The van der Waals surface area contributed by atoms with E-state index in [9.17, 15) is 5.11 Å². The average Bonchev–Trinajstić information content (AvgIpc) is 2.31. The van der Waals surface area contributed by atoms with Gasteiger partial charge in [0.1, 0.15) is 8.07 Å². The Morgan fingerprint density at radius 1 is 0.909 bits per heavy atom. The highest BCUT2D eigenvalue weighted by Gasteiger charge is 2.44. The molecule has 1 atom stereocenters. The van der Waals surface area contributed by atoms with Crippen LogP contribution in [0.25, 0.3) is 0 Å². The van der Waals surface area contributed by atoms with Crippen LogP contribution < -0.4 is 0 Å². The van der Waals surface area contributed by atoms with Crippen LogP contribution in [-0.2, 0) is 4.43 Å². The summed E-state index contributed by atoms with van der Waals surface area (Å²) in [7, 11) is -3.12. The lowest BCUT2D eigenvalue weighted by Crippen LogP contribution is -2.48. The van der Waals surface area contributed by atoms with Crippen LogP contribution in [0.5, 0.6) is 0 Å². The molecule has 0 aliphatic carbocycles. The third-order valence-electron chi connectivity index (χ3n) is 4.31. The van der Waals surface area contributed by atoms with Crippen LogP contribution in [0.4, 0.5) is 0 Å². The van der Waals surface area contributed by atoms with Gasteiger partial charge >= 0.3 is 0 Å². The van der Waals surface area contributed by atoms with Crippen molar-refractivity contribution in [1.82, 2.24) is 0 Å². The van der Waals surface area contributed by atoms with E-state index in [0.717, 1.165) is 0 Å². The molecule has 0 aromatic rings. The van der Waals surface area contributed by atoms with Crippen molar-refractivity contribution in [3.05, 3.63) is 0 Å². The van der Waals surface area contributed by atoms with E-state index in [-0.39, 0.29) is 6.10 Å². The van der Waals surface area contributed by atoms with Crippen molar-refractivity contribution in [1.29, 1.82) is 0 Å². The zero-order valence-corrected chi connectivity index (χ0v) is 18.3. The third kappa shape index (κ3) is 6.99. The zero-order valence-electron chi connectivity index (χ0n) is 16.3. The molecule has 0 unspecified atom stereocenters. The first-order chi connectivity index (χ1) is 9.93. The van der Waals surface area contributed by atoms with Gasteiger partial charge in [0.2, 0.25) is 0 Å². The van der Waals surface area contributed by atoms with Crippen molar-refractivity contribution in [2.75, 3.05) is 6.61 Å². The Hall–Kier alpha value is -0.0862. The second-order valence-corrected chi connectivity index (χ2v) is 18.6. The Labute approximate surface area is 141 Å². The summed E-state index contributed by atoms with van der Waals surface area (Å²) in [6, 6.07) is 0. The van der Waals surface area contributed by atoms with Crippen molar-refractivity contribution in [3.8, 4) is 11.5 Å². The summed E-state index contributed by atoms with van der Waals surface area (Å²) in [4.78, 5) is 0. The Balaban J connectivity index is 4.54. The zero-order chi connectivity index (χ0) is 17.6. The first kappa shape index (κ1) is 21.9. The molecule has 0 spiro atoms. The molecular weight excluding hydrogens is 304 g/mol. The molecule has 0 radical (unpaired) electrons. The molecule has 0 saturated carbocycles. The Morgan fingerprint density at radius 2 is 1.36 bits per heavy atom. The highest BCUT2D eigenvalue weighted by Crippen LogP contribution is 2.42. The van der Waals surface area contributed by atoms with Gasteiger partial charge < -0.3 is 9.53 Å². The minimum absolute atomic E-state index is 0.359. The summed E-state index contributed by atoms with van der Waals surface area (Å²) < 4.78 is 6.47. The van der Waals surface area contributed by atoms with Crippen LogP contribution in [0.1, 0.15) is 54.4 Å². The molecule has 2 nitrogen and oxygen atoms in total. The maximum atomic E-state index is 10.1. The molecule has 0 heterocycles. The van der Waals surface area contributed by atoms with Gasteiger partial charge in [-0.15, -0.1) is 11.5 Å². The van der Waals surface area contributed by atoms with Crippen molar-refractivity contribution < 1.29 is 9.53 Å². The van der Waals surface area contributed by atoms with Crippen molar-refractivity contribution in [2.24, 2.45) is 0 Å². The van der Waals surface area contributed by atoms with Gasteiger partial charge in [-0.2, -0.15) is 0 Å². The molecule has 130 valence electrons. The van der Waals surface area contributed by atoms with Crippen molar-refractivity contribution in [2.45, 2.75) is 96.8 Å². The molecule has 0 aliphatic heterocycles. The minimum Gasteiger partial charge on any atom is -0.416 e. The molecular formula is C18H38O2Si2. The van der Waals surface area contributed by atoms with E-state index in [2.05, 4.69) is 72.6 Å². The lowest BCUT2D eigenvalue weighted by atomic mass is 10.2. The first-order valence-corrected chi connectivity index (χ1v) is 14.4. The monoisotopic (exact) mass is 342 g/mol. The van der Waals surface area contributed by atoms with Crippen molar-refractivity contribution in [3.63, 3.8) is 0 Å². The van der Waals surface area contributed by atoms with Gasteiger partial charge in [-0.3, -0.25) is 0 Å². The van der Waals surface area contributed by atoms with E-state index >= 15 is 0 Å². The standard InChI is InChI=1S/C18H38O2Si2/c1-15(2)22(16(3)4,17(5)6)20-13-12-18(19)11-10-14-21(7,8)9/h15-19H,11-13H2,1-9H3/t18-/m0/s1. The molecule has 0 aromatic heterocycles. The summed E-state index contributed by atoms with van der Waals surface area (Å²) in [5.41, 5.74) is 5.09. The summed E-state index contributed by atoms with van der Waals surface area (Å²) in [5.74, 6) is 3.16. The molecule has 0 rings (SSSR count). The number of aliphatic hydroxyl groups is 1. The maximum absolute atomic E-state index is 10.1. The SMILES string of the molecule is CC(C)[Si](OCC[C@@H](O)CC#C[Si](C)(C)C)(C(C)C)C(C)C. The minimum atomic E-state index is -1.80. The fraction of sp³-hybridized carbons (Fsp3) is 0.889. The number of aliphatic hydroxyl groups excluding tert-OH is 1. The lowest BCUT2D eigenvalue weighted by Gasteiger charge is -2.42. The van der Waals surface area contributed by atoms with Gasteiger partial charge in [0.05, 0.1) is 6.10 Å². The van der Waals surface area contributed by atoms with Crippen LogP contribution >= 0.6 is 0 Å². The molecule has 0 fully saturated rings. The van der Waals surface area contributed by atoms with E-state index in [0.29, 0.717) is 36.1 Å². The van der Waals surface area contributed by atoms with Gasteiger partial charge in [-0.05, 0) is 23.0 Å². The predicted molar refractivity (Wildman–Crippen MR) is 103 cm³/mol. The smallest absolute Gasteiger partial charge is 0.200 e. The third-order valence-corrected chi connectivity index (χ3v) is 11.4. The fourth-order valence-electron chi connectivity index (χ4n) is 3.41. The van der Waals surface area contributed by atoms with Gasteiger partial charge in [0, 0.05) is 13.0 Å². The molecule has 4 heteroatoms. The van der Waals surface area contributed by atoms with Crippen LogP contribution in [0, 0.1) is 11.5 Å². The number of hydrogen-bond donors (Lipinski definition) is 1. The highest BCUT2D eigenvalue weighted by molar-refractivity contribution is 6.83. The Bertz CT molecular complexity index is 351. The number of rotatable bonds is 8. The maximum Gasteiger partial charge on any atom is 0.200 e. The Kier molecular flexibility index (Phi) is 9.23. The van der Waals surface area contributed by atoms with Crippen LogP contribution in [0.2, 0.25) is 36.3 Å². The Morgan fingerprint density at radius 3 is 1.73 bits per heavy atom. The van der Waals surface area contributed by atoms with E-state index in [1.54, 1.807) is 0 Å². The molecule has 0 bridgehead atoms. The second-order valence-electron chi connectivity index (χ2n) is 8.36. The second kappa shape index (κ2) is 9.27. The van der Waals surface area contributed by atoms with Gasteiger partial charge in [0.15, 0.2) is 8.32 Å². The number of hydrogen-bond acceptors (Lipinski definition) is 2. The van der Waals surface area contributed by atoms with Gasteiger partial charge in [0.25, 0.3) is 0 Å². The normalized spacial score (nSPS) is 14.4. The summed E-state index contributed by atoms with van der Waals surface area (Å²) in [6.45, 7) is 21.1. The van der Waals surface area contributed by atoms with Crippen LogP contribution in [0.3, 0.4) is 0 Å². The van der Waals surface area contributed by atoms with E-state index < -0.39 is 16.4 Å². The summed E-state index contributed by atoms with van der Waals surface area (Å²) in [5, 5.41) is 10.1. The molecule has 0 saturated heterocycles. The van der Waals surface area contributed by atoms with E-state index in [4.69, 9.17) is 4.43 Å². The van der Waals surface area contributed by atoms with Crippen molar-refractivity contribution >= 4 is 16.4 Å². The van der Waals surface area contributed by atoms with E-state index in [1.807, 2.05) is 0 Å². The predicted octanol–water partition coefficient (Wildman–Crippen LogP) is 5.20.